The van der Waals surface area contributed by atoms with Gasteiger partial charge >= 0.3 is 12.1 Å². The molecule has 3 N–H and O–H groups in total. The summed E-state index contributed by atoms with van der Waals surface area (Å²) >= 11 is 0. The average molecular weight is 455 g/mol. The zero-order valence-corrected chi connectivity index (χ0v) is 19.1. The van der Waals surface area contributed by atoms with Gasteiger partial charge in [-0.1, -0.05) is 55.5 Å². The van der Waals surface area contributed by atoms with Crippen molar-refractivity contribution < 1.29 is 29.0 Å². The number of benzene rings is 2. The van der Waals surface area contributed by atoms with Gasteiger partial charge in [0, 0.05) is 19.6 Å². The van der Waals surface area contributed by atoms with Gasteiger partial charge in [0.25, 0.3) is 0 Å². The molecule has 0 bridgehead atoms. The number of carboxylic acids is 1. The number of hydrogen-bond donors (Lipinski definition) is 3. The number of carbonyl (C=O) groups excluding carboxylic acids is 2. The third-order valence-electron chi connectivity index (χ3n) is 6.23. The first-order valence-corrected chi connectivity index (χ1v) is 10.9. The molecule has 0 heterocycles. The van der Waals surface area contributed by atoms with Crippen molar-refractivity contribution in [1.29, 1.82) is 0 Å². The molecule has 0 saturated carbocycles. The molecular weight excluding hydrogens is 424 g/mol. The Hall–Kier alpha value is -3.39. The lowest BCUT2D eigenvalue weighted by Crippen LogP contribution is -2.52. The van der Waals surface area contributed by atoms with E-state index in [1.165, 1.54) is 7.11 Å². The molecule has 0 aromatic heterocycles. The van der Waals surface area contributed by atoms with Crippen LogP contribution in [-0.2, 0) is 19.1 Å². The number of amides is 2. The summed E-state index contributed by atoms with van der Waals surface area (Å²) in [4.78, 5) is 36.5. The number of carboxylic acid groups (broad SMARTS) is 1. The molecule has 0 radical (unpaired) electrons. The molecule has 2 aromatic carbocycles. The van der Waals surface area contributed by atoms with Crippen LogP contribution in [0.25, 0.3) is 11.1 Å². The molecule has 3 rings (SSSR count). The first-order chi connectivity index (χ1) is 15.8. The third-order valence-corrected chi connectivity index (χ3v) is 6.23. The van der Waals surface area contributed by atoms with Crippen molar-refractivity contribution in [2.24, 2.45) is 5.41 Å². The van der Waals surface area contributed by atoms with Crippen LogP contribution >= 0.6 is 0 Å². The van der Waals surface area contributed by atoms with E-state index >= 15 is 0 Å². The molecule has 1 aliphatic rings. The van der Waals surface area contributed by atoms with E-state index in [0.29, 0.717) is 6.42 Å². The fraction of sp³-hybridized carbons (Fsp3) is 0.400. The molecule has 2 atom stereocenters. The molecule has 0 spiro atoms. The number of alkyl carbamates (subject to hydrolysis) is 1. The SMILES string of the molecule is CCC(C)(CNC(=O)OCC1c2ccccc2-c2ccccc21)C(=O)NC(COC)C(=O)O. The number of carbonyl (C=O) groups is 3. The fourth-order valence-electron chi connectivity index (χ4n) is 3.96. The molecule has 2 aromatic rings. The van der Waals surface area contributed by atoms with Gasteiger partial charge in [0.15, 0.2) is 6.04 Å². The van der Waals surface area contributed by atoms with E-state index in [-0.39, 0.29) is 25.7 Å². The summed E-state index contributed by atoms with van der Waals surface area (Å²) in [5.74, 6) is -1.73. The van der Waals surface area contributed by atoms with E-state index in [4.69, 9.17) is 9.47 Å². The topological polar surface area (TPSA) is 114 Å². The van der Waals surface area contributed by atoms with Gasteiger partial charge in [-0.05, 0) is 35.6 Å². The zero-order valence-electron chi connectivity index (χ0n) is 19.1. The molecule has 33 heavy (non-hydrogen) atoms. The molecule has 2 unspecified atom stereocenters. The van der Waals surface area contributed by atoms with E-state index in [1.54, 1.807) is 13.8 Å². The van der Waals surface area contributed by atoms with Crippen LogP contribution in [0, 0.1) is 5.41 Å². The van der Waals surface area contributed by atoms with Crippen LogP contribution in [-0.4, -0.2) is 56.0 Å². The summed E-state index contributed by atoms with van der Waals surface area (Å²) in [5, 5.41) is 14.4. The maximum Gasteiger partial charge on any atom is 0.407 e. The Balaban J connectivity index is 1.59. The number of rotatable bonds is 10. The minimum absolute atomic E-state index is 0.00529. The Bertz CT molecular complexity index is 978. The highest BCUT2D eigenvalue weighted by Crippen LogP contribution is 2.44. The van der Waals surface area contributed by atoms with Gasteiger partial charge in [-0.25, -0.2) is 9.59 Å². The van der Waals surface area contributed by atoms with Crippen molar-refractivity contribution in [1.82, 2.24) is 10.6 Å². The van der Waals surface area contributed by atoms with E-state index in [0.717, 1.165) is 22.3 Å². The zero-order chi connectivity index (χ0) is 24.0. The molecule has 0 saturated heterocycles. The quantitative estimate of drug-likeness (QED) is 0.508. The van der Waals surface area contributed by atoms with Crippen LogP contribution < -0.4 is 10.6 Å². The van der Waals surface area contributed by atoms with E-state index in [9.17, 15) is 19.5 Å². The van der Waals surface area contributed by atoms with Crippen LogP contribution in [0.2, 0.25) is 0 Å². The van der Waals surface area contributed by atoms with Gasteiger partial charge in [0.05, 0.1) is 12.0 Å². The molecule has 8 heteroatoms. The highest BCUT2D eigenvalue weighted by Gasteiger charge is 2.35. The second kappa shape index (κ2) is 10.5. The van der Waals surface area contributed by atoms with E-state index < -0.39 is 29.4 Å². The number of ether oxygens (including phenoxy) is 2. The van der Waals surface area contributed by atoms with Crippen molar-refractivity contribution in [3.8, 4) is 11.1 Å². The van der Waals surface area contributed by atoms with Crippen molar-refractivity contribution in [3.63, 3.8) is 0 Å². The summed E-state index contributed by atoms with van der Waals surface area (Å²) in [7, 11) is 1.36. The summed E-state index contributed by atoms with van der Waals surface area (Å²) in [6, 6.07) is 15.0. The molecular formula is C25H30N2O6. The summed E-state index contributed by atoms with van der Waals surface area (Å²) in [6.07, 6.45) is -0.238. The number of hydrogen-bond acceptors (Lipinski definition) is 5. The number of nitrogens with one attached hydrogen (secondary N) is 2. The normalized spacial score (nSPS) is 15.0. The van der Waals surface area contributed by atoms with Crippen molar-refractivity contribution in [2.45, 2.75) is 32.2 Å². The Morgan fingerprint density at radius 3 is 2.15 bits per heavy atom. The van der Waals surface area contributed by atoms with E-state index in [1.807, 2.05) is 36.4 Å². The van der Waals surface area contributed by atoms with Gasteiger partial charge < -0.3 is 25.2 Å². The maximum atomic E-state index is 12.7. The van der Waals surface area contributed by atoms with Crippen LogP contribution in [0.4, 0.5) is 4.79 Å². The molecule has 1 aliphatic carbocycles. The number of fused-ring (bicyclic) bond motifs is 3. The predicted octanol–water partition coefficient (Wildman–Crippen LogP) is 3.16. The van der Waals surface area contributed by atoms with Gasteiger partial charge in [0.1, 0.15) is 6.61 Å². The summed E-state index contributed by atoms with van der Waals surface area (Å²) in [6.45, 7) is 3.48. The molecule has 0 fully saturated rings. The Morgan fingerprint density at radius 2 is 1.64 bits per heavy atom. The predicted molar refractivity (Wildman–Crippen MR) is 123 cm³/mol. The highest BCUT2D eigenvalue weighted by atomic mass is 16.5. The number of methoxy groups -OCH3 is 1. The monoisotopic (exact) mass is 454 g/mol. The Labute approximate surface area is 193 Å². The molecule has 0 aliphatic heterocycles. The van der Waals surface area contributed by atoms with Crippen molar-refractivity contribution in [3.05, 3.63) is 59.7 Å². The van der Waals surface area contributed by atoms with E-state index in [2.05, 4.69) is 22.8 Å². The minimum Gasteiger partial charge on any atom is -0.480 e. The standard InChI is InChI=1S/C25H30N2O6/c1-4-25(2,23(30)27-21(14-32-3)22(28)29)15-26-24(31)33-13-20-18-11-7-5-9-16(18)17-10-6-8-12-19(17)20/h5-12,20-21H,4,13-15H2,1-3H3,(H,26,31)(H,27,30)(H,28,29). The lowest BCUT2D eigenvalue weighted by molar-refractivity contribution is -0.145. The lowest BCUT2D eigenvalue weighted by Gasteiger charge is -2.28. The van der Waals surface area contributed by atoms with Crippen molar-refractivity contribution in [2.75, 3.05) is 26.9 Å². The summed E-state index contributed by atoms with van der Waals surface area (Å²) < 4.78 is 10.4. The van der Waals surface area contributed by atoms with Crippen LogP contribution in [0.15, 0.2) is 48.5 Å². The largest absolute Gasteiger partial charge is 0.480 e. The number of aliphatic carboxylic acids is 1. The second-order valence-corrected chi connectivity index (χ2v) is 8.41. The van der Waals surface area contributed by atoms with Gasteiger partial charge in [-0.3, -0.25) is 4.79 Å². The van der Waals surface area contributed by atoms with Crippen LogP contribution in [0.1, 0.15) is 37.3 Å². The molecule has 8 nitrogen and oxygen atoms in total. The third kappa shape index (κ3) is 5.34. The summed E-state index contributed by atoms with van der Waals surface area (Å²) in [5.41, 5.74) is 3.50. The van der Waals surface area contributed by atoms with Gasteiger partial charge in [-0.15, -0.1) is 0 Å². The average Bonchev–Trinajstić information content (AvgIpc) is 3.14. The van der Waals surface area contributed by atoms with Crippen molar-refractivity contribution >= 4 is 18.0 Å². The van der Waals surface area contributed by atoms with Crippen LogP contribution in [0.3, 0.4) is 0 Å². The second-order valence-electron chi connectivity index (χ2n) is 8.41. The molecule has 176 valence electrons. The van der Waals surface area contributed by atoms with Crippen LogP contribution in [0.5, 0.6) is 0 Å². The minimum atomic E-state index is -1.19. The first-order valence-electron chi connectivity index (χ1n) is 10.9. The van der Waals surface area contributed by atoms with Gasteiger partial charge in [0.2, 0.25) is 5.91 Å². The van der Waals surface area contributed by atoms with Gasteiger partial charge in [-0.2, -0.15) is 0 Å². The Morgan fingerprint density at radius 1 is 1.06 bits per heavy atom. The maximum absolute atomic E-state index is 12.7. The molecule has 2 amide bonds. The first kappa shape index (κ1) is 24.3. The Kier molecular flexibility index (Phi) is 7.71. The fourth-order valence-corrected chi connectivity index (χ4v) is 3.96. The highest BCUT2D eigenvalue weighted by molar-refractivity contribution is 5.88. The smallest absolute Gasteiger partial charge is 0.407 e. The lowest BCUT2D eigenvalue weighted by atomic mass is 9.86.